The third-order valence-corrected chi connectivity index (χ3v) is 4.74. The van der Waals surface area contributed by atoms with E-state index < -0.39 is 0 Å². The van der Waals surface area contributed by atoms with Crippen LogP contribution < -0.4 is 5.32 Å². The third-order valence-electron chi connectivity index (χ3n) is 4.74. The molecule has 20 heavy (non-hydrogen) atoms. The number of nitrogens with one attached hydrogen (secondary N) is 2. The van der Waals surface area contributed by atoms with E-state index in [1.54, 1.807) is 0 Å². The maximum atomic E-state index is 4.54. The van der Waals surface area contributed by atoms with Crippen LogP contribution in [0.4, 0.5) is 0 Å². The molecule has 1 aliphatic carbocycles. The molecule has 2 aliphatic rings. The van der Waals surface area contributed by atoms with Gasteiger partial charge >= 0.3 is 0 Å². The minimum atomic E-state index is 0.547. The van der Waals surface area contributed by atoms with E-state index >= 15 is 0 Å². The first-order valence-electron chi connectivity index (χ1n) is 8.33. The molecule has 3 rings (SSSR count). The zero-order valence-electron chi connectivity index (χ0n) is 12.7. The first kappa shape index (κ1) is 14.1. The molecule has 0 radical (unpaired) electrons. The van der Waals surface area contributed by atoms with Gasteiger partial charge in [0.2, 0.25) is 0 Å². The molecule has 0 aromatic carbocycles. The summed E-state index contributed by atoms with van der Waals surface area (Å²) >= 11 is 0. The van der Waals surface area contributed by atoms with Crippen LogP contribution in [0.5, 0.6) is 0 Å². The average Bonchev–Trinajstić information content (AvgIpc) is 3.02. The summed E-state index contributed by atoms with van der Waals surface area (Å²) in [5.74, 6) is 0. The normalized spacial score (nSPS) is 21.6. The van der Waals surface area contributed by atoms with E-state index in [4.69, 9.17) is 0 Å². The van der Waals surface area contributed by atoms with Crippen molar-refractivity contribution in [1.29, 1.82) is 0 Å². The summed E-state index contributed by atoms with van der Waals surface area (Å²) < 4.78 is 0. The summed E-state index contributed by atoms with van der Waals surface area (Å²) in [5, 5.41) is 11.5. The minimum absolute atomic E-state index is 0.547. The van der Waals surface area contributed by atoms with Crippen LogP contribution in [-0.2, 0) is 19.4 Å². The Bertz CT molecular complexity index is 420. The number of likely N-dealkylation sites (tertiary alicyclic amines) is 1. The van der Waals surface area contributed by atoms with Gasteiger partial charge in [-0.15, -0.1) is 0 Å². The van der Waals surface area contributed by atoms with E-state index in [2.05, 4.69) is 27.3 Å². The van der Waals surface area contributed by atoms with Crippen LogP contribution in [0, 0.1) is 0 Å². The van der Waals surface area contributed by atoms with E-state index in [-0.39, 0.29) is 0 Å². The van der Waals surface area contributed by atoms with Gasteiger partial charge in [-0.3, -0.25) is 5.10 Å². The minimum Gasteiger partial charge on any atom is -0.307 e. The molecule has 0 spiro atoms. The standard InChI is InChI=1S/C16H28N4/c1-13(12-20-9-5-6-10-20)17-11-16-14-7-3-2-4-8-15(14)18-19-16/h13,17H,2-12H2,1H3,(H,18,19). The summed E-state index contributed by atoms with van der Waals surface area (Å²) in [4.78, 5) is 2.57. The van der Waals surface area contributed by atoms with E-state index in [9.17, 15) is 0 Å². The number of rotatable bonds is 5. The van der Waals surface area contributed by atoms with Crippen molar-refractivity contribution in [3.63, 3.8) is 0 Å². The lowest BCUT2D eigenvalue weighted by Gasteiger charge is -2.21. The van der Waals surface area contributed by atoms with Gasteiger partial charge in [-0.2, -0.15) is 5.10 Å². The molecule has 2 heterocycles. The first-order valence-corrected chi connectivity index (χ1v) is 8.33. The van der Waals surface area contributed by atoms with Crippen LogP contribution in [0.3, 0.4) is 0 Å². The number of fused-ring (bicyclic) bond motifs is 1. The number of nitrogens with zero attached hydrogens (tertiary/aromatic N) is 2. The molecule has 112 valence electrons. The smallest absolute Gasteiger partial charge is 0.0794 e. The zero-order valence-corrected chi connectivity index (χ0v) is 12.7. The number of hydrogen-bond donors (Lipinski definition) is 2. The van der Waals surface area contributed by atoms with Crippen molar-refractivity contribution in [2.75, 3.05) is 19.6 Å². The van der Waals surface area contributed by atoms with Gasteiger partial charge in [-0.1, -0.05) is 6.42 Å². The van der Waals surface area contributed by atoms with Crippen molar-refractivity contribution >= 4 is 0 Å². The Morgan fingerprint density at radius 2 is 1.95 bits per heavy atom. The Balaban J connectivity index is 1.51. The van der Waals surface area contributed by atoms with Crippen LogP contribution in [-0.4, -0.2) is 40.8 Å². The molecule has 1 aromatic heterocycles. The topological polar surface area (TPSA) is 44.0 Å². The third kappa shape index (κ3) is 3.41. The van der Waals surface area contributed by atoms with Gasteiger partial charge in [-0.05, 0) is 64.1 Å². The summed E-state index contributed by atoms with van der Waals surface area (Å²) in [6.45, 7) is 6.95. The van der Waals surface area contributed by atoms with Crippen LogP contribution in [0.1, 0.15) is 56.0 Å². The lowest BCUT2D eigenvalue weighted by Crippen LogP contribution is -2.37. The summed E-state index contributed by atoms with van der Waals surface area (Å²) in [6.07, 6.45) is 9.14. The molecule has 1 fully saturated rings. The Morgan fingerprint density at radius 3 is 2.80 bits per heavy atom. The predicted octanol–water partition coefficient (Wildman–Crippen LogP) is 2.25. The molecule has 2 N–H and O–H groups in total. The van der Waals surface area contributed by atoms with Crippen molar-refractivity contribution < 1.29 is 0 Å². The second kappa shape index (κ2) is 6.72. The fraction of sp³-hybridized carbons (Fsp3) is 0.812. The first-order chi connectivity index (χ1) is 9.83. The van der Waals surface area contributed by atoms with Crippen LogP contribution in [0.2, 0.25) is 0 Å². The van der Waals surface area contributed by atoms with Gasteiger partial charge in [0, 0.05) is 24.8 Å². The Morgan fingerprint density at radius 1 is 1.15 bits per heavy atom. The summed E-state index contributed by atoms with van der Waals surface area (Å²) in [7, 11) is 0. The zero-order chi connectivity index (χ0) is 13.8. The van der Waals surface area contributed by atoms with E-state index in [0.717, 1.165) is 6.54 Å². The quantitative estimate of drug-likeness (QED) is 0.811. The largest absolute Gasteiger partial charge is 0.307 e. The molecule has 1 unspecified atom stereocenters. The highest BCUT2D eigenvalue weighted by atomic mass is 15.2. The van der Waals surface area contributed by atoms with E-state index in [1.807, 2.05) is 0 Å². The monoisotopic (exact) mass is 276 g/mol. The molecular weight excluding hydrogens is 248 g/mol. The van der Waals surface area contributed by atoms with E-state index in [1.165, 1.54) is 81.5 Å². The second-order valence-electron chi connectivity index (χ2n) is 6.48. The van der Waals surface area contributed by atoms with Crippen LogP contribution >= 0.6 is 0 Å². The molecule has 4 heteroatoms. The molecular formula is C16H28N4. The average molecular weight is 276 g/mol. The van der Waals surface area contributed by atoms with Gasteiger partial charge in [-0.25, -0.2) is 0 Å². The number of aryl methyl sites for hydroxylation is 1. The highest BCUT2D eigenvalue weighted by molar-refractivity contribution is 5.26. The van der Waals surface area contributed by atoms with Gasteiger partial charge in [0.1, 0.15) is 0 Å². The number of H-pyrrole nitrogens is 1. The molecule has 0 amide bonds. The number of aromatic nitrogens is 2. The Kier molecular flexibility index (Phi) is 4.73. The summed E-state index contributed by atoms with van der Waals surface area (Å²) in [6, 6.07) is 0.547. The van der Waals surface area contributed by atoms with Crippen molar-refractivity contribution in [3.8, 4) is 0 Å². The molecule has 0 saturated carbocycles. The van der Waals surface area contributed by atoms with Gasteiger partial charge < -0.3 is 10.2 Å². The van der Waals surface area contributed by atoms with Crippen molar-refractivity contribution in [3.05, 3.63) is 17.0 Å². The lowest BCUT2D eigenvalue weighted by atomic mass is 10.1. The van der Waals surface area contributed by atoms with Crippen LogP contribution in [0.15, 0.2) is 0 Å². The predicted molar refractivity (Wildman–Crippen MR) is 81.8 cm³/mol. The molecule has 1 aliphatic heterocycles. The lowest BCUT2D eigenvalue weighted by molar-refractivity contribution is 0.297. The molecule has 0 bridgehead atoms. The SMILES string of the molecule is CC(CN1CCCC1)NCc1n[nH]c2c1CCCCC2. The molecule has 1 aromatic rings. The molecule has 4 nitrogen and oxygen atoms in total. The van der Waals surface area contributed by atoms with Crippen LogP contribution in [0.25, 0.3) is 0 Å². The Hall–Kier alpha value is -0.870. The Labute approximate surface area is 122 Å². The highest BCUT2D eigenvalue weighted by Crippen LogP contribution is 2.21. The number of hydrogen-bond acceptors (Lipinski definition) is 3. The maximum Gasteiger partial charge on any atom is 0.0794 e. The maximum absolute atomic E-state index is 4.54. The van der Waals surface area contributed by atoms with Gasteiger partial charge in [0.15, 0.2) is 0 Å². The highest BCUT2D eigenvalue weighted by Gasteiger charge is 2.17. The van der Waals surface area contributed by atoms with Gasteiger partial charge in [0.05, 0.1) is 5.69 Å². The van der Waals surface area contributed by atoms with Crippen molar-refractivity contribution in [2.24, 2.45) is 0 Å². The second-order valence-corrected chi connectivity index (χ2v) is 6.48. The summed E-state index contributed by atoms with van der Waals surface area (Å²) in [5.41, 5.74) is 4.16. The van der Waals surface area contributed by atoms with Crippen molar-refractivity contribution in [2.45, 2.75) is 64.5 Å². The van der Waals surface area contributed by atoms with E-state index in [0.29, 0.717) is 6.04 Å². The molecule has 1 saturated heterocycles. The fourth-order valence-electron chi connectivity index (χ4n) is 3.56. The van der Waals surface area contributed by atoms with Crippen molar-refractivity contribution in [1.82, 2.24) is 20.4 Å². The fourth-order valence-corrected chi connectivity index (χ4v) is 3.56. The van der Waals surface area contributed by atoms with Gasteiger partial charge in [0.25, 0.3) is 0 Å². The molecule has 1 atom stereocenters. The number of aromatic amines is 1.